The molecular formula is C29H22IN3O3S. The second-order valence-electron chi connectivity index (χ2n) is 8.06. The van der Waals surface area contributed by atoms with Crippen molar-refractivity contribution in [2.75, 3.05) is 17.8 Å². The maximum atomic E-state index is 13.7. The molecule has 8 heteroatoms. The van der Waals surface area contributed by atoms with Crippen molar-refractivity contribution in [3.63, 3.8) is 0 Å². The summed E-state index contributed by atoms with van der Waals surface area (Å²) < 4.78 is 8.02. The van der Waals surface area contributed by atoms with Gasteiger partial charge in [-0.2, -0.15) is 0 Å². The Morgan fingerprint density at radius 2 is 1.54 bits per heavy atom. The molecule has 0 saturated carbocycles. The quantitative estimate of drug-likeness (QED) is 0.119. The maximum absolute atomic E-state index is 13.7. The molecule has 1 aromatic heterocycles. The Balaban J connectivity index is 1.58. The van der Waals surface area contributed by atoms with Gasteiger partial charge in [-0.3, -0.25) is 19.1 Å². The first-order chi connectivity index (χ1) is 18.1. The van der Waals surface area contributed by atoms with E-state index in [1.54, 1.807) is 18.1 Å². The highest BCUT2D eigenvalue weighted by atomic mass is 127. The van der Waals surface area contributed by atoms with Crippen LogP contribution >= 0.6 is 34.4 Å². The fourth-order valence-electron chi connectivity index (χ4n) is 4.04. The van der Waals surface area contributed by atoms with Crippen LogP contribution in [0.15, 0.2) is 113 Å². The summed E-state index contributed by atoms with van der Waals surface area (Å²) in [6.07, 6.45) is 0. The molecule has 0 radical (unpaired) electrons. The van der Waals surface area contributed by atoms with Crippen molar-refractivity contribution >= 4 is 62.5 Å². The minimum atomic E-state index is -0.217. The Kier molecular flexibility index (Phi) is 7.57. The van der Waals surface area contributed by atoms with Gasteiger partial charge in [-0.15, -0.1) is 0 Å². The van der Waals surface area contributed by atoms with E-state index in [-0.39, 0.29) is 17.2 Å². The number of methoxy groups -OCH3 is 1. The lowest BCUT2D eigenvalue weighted by Gasteiger charge is -2.23. The van der Waals surface area contributed by atoms with E-state index in [1.807, 2.05) is 97.1 Å². The third-order valence-corrected chi connectivity index (χ3v) is 7.32. The molecule has 37 heavy (non-hydrogen) atoms. The van der Waals surface area contributed by atoms with Gasteiger partial charge in [-0.1, -0.05) is 60.3 Å². The number of ether oxygens (including phenoxy) is 1. The number of carbonyl (C=O) groups is 1. The van der Waals surface area contributed by atoms with Crippen LogP contribution < -0.4 is 15.2 Å². The molecule has 4 aromatic carbocycles. The van der Waals surface area contributed by atoms with Gasteiger partial charge < -0.3 is 4.74 Å². The van der Waals surface area contributed by atoms with E-state index in [2.05, 4.69) is 22.6 Å². The minimum absolute atomic E-state index is 0.0707. The van der Waals surface area contributed by atoms with Crippen LogP contribution in [0.25, 0.3) is 16.6 Å². The highest BCUT2D eigenvalue weighted by Crippen LogP contribution is 2.30. The number of benzene rings is 4. The fourth-order valence-corrected chi connectivity index (χ4v) is 5.39. The van der Waals surface area contributed by atoms with E-state index >= 15 is 0 Å². The average molecular weight is 619 g/mol. The van der Waals surface area contributed by atoms with Crippen LogP contribution in [0.5, 0.6) is 5.75 Å². The van der Waals surface area contributed by atoms with Crippen LogP contribution in [0.1, 0.15) is 0 Å². The van der Waals surface area contributed by atoms with Crippen molar-refractivity contribution in [1.29, 1.82) is 0 Å². The van der Waals surface area contributed by atoms with E-state index in [9.17, 15) is 9.59 Å². The Hall–Kier alpha value is -3.63. The standard InChI is InChI=1S/C29H22IN3O3S/c1-36-26-15-9-8-14-25(26)33-28(35)23-18-20(30)16-17-24(23)31-29(33)37-19-27(34)32(21-10-4-2-5-11-21)22-12-6-3-7-13-22/h2-18H,19H2,1H3. The number of fused-ring (bicyclic) bond motifs is 1. The molecule has 5 rings (SSSR count). The van der Waals surface area contributed by atoms with E-state index in [1.165, 1.54) is 16.3 Å². The van der Waals surface area contributed by atoms with Crippen molar-refractivity contribution in [2.45, 2.75) is 5.16 Å². The minimum Gasteiger partial charge on any atom is -0.495 e. The zero-order chi connectivity index (χ0) is 25.8. The van der Waals surface area contributed by atoms with Crippen LogP contribution in [-0.4, -0.2) is 28.3 Å². The van der Waals surface area contributed by atoms with Crippen LogP contribution in [0.3, 0.4) is 0 Å². The van der Waals surface area contributed by atoms with Gasteiger partial charge in [0, 0.05) is 14.9 Å². The number of anilines is 2. The van der Waals surface area contributed by atoms with Crippen molar-refractivity contribution in [2.24, 2.45) is 0 Å². The van der Waals surface area contributed by atoms with Gasteiger partial charge in [-0.05, 0) is 77.2 Å². The predicted octanol–water partition coefficient (Wildman–Crippen LogP) is 6.46. The van der Waals surface area contributed by atoms with Gasteiger partial charge in [0.15, 0.2) is 5.16 Å². The van der Waals surface area contributed by atoms with Crippen LogP contribution in [-0.2, 0) is 4.79 Å². The first-order valence-electron chi connectivity index (χ1n) is 11.5. The number of halogens is 1. The molecule has 0 atom stereocenters. The zero-order valence-corrected chi connectivity index (χ0v) is 22.8. The smallest absolute Gasteiger partial charge is 0.266 e. The summed E-state index contributed by atoms with van der Waals surface area (Å²) in [7, 11) is 1.56. The lowest BCUT2D eigenvalue weighted by molar-refractivity contribution is -0.115. The third kappa shape index (κ3) is 5.26. The average Bonchev–Trinajstić information content (AvgIpc) is 2.94. The number of hydrogen-bond donors (Lipinski definition) is 0. The maximum Gasteiger partial charge on any atom is 0.266 e. The summed E-state index contributed by atoms with van der Waals surface area (Å²) in [5.41, 5.74) is 2.46. The Bertz CT molecular complexity index is 1590. The molecular weight excluding hydrogens is 597 g/mol. The lowest BCUT2D eigenvalue weighted by atomic mass is 10.2. The number of rotatable bonds is 7. The molecule has 0 aliphatic heterocycles. The first-order valence-corrected chi connectivity index (χ1v) is 13.5. The summed E-state index contributed by atoms with van der Waals surface area (Å²) in [6.45, 7) is 0. The number of nitrogens with zero attached hydrogens (tertiary/aromatic N) is 3. The van der Waals surface area contributed by atoms with Crippen molar-refractivity contribution in [3.8, 4) is 11.4 Å². The molecule has 6 nitrogen and oxygen atoms in total. The largest absolute Gasteiger partial charge is 0.495 e. The number of aromatic nitrogens is 2. The predicted molar refractivity (Wildman–Crippen MR) is 157 cm³/mol. The molecule has 184 valence electrons. The number of amides is 1. The van der Waals surface area contributed by atoms with Crippen molar-refractivity contribution < 1.29 is 9.53 Å². The van der Waals surface area contributed by atoms with Gasteiger partial charge in [0.2, 0.25) is 5.91 Å². The normalized spacial score (nSPS) is 10.9. The Morgan fingerprint density at radius 1 is 0.919 bits per heavy atom. The van der Waals surface area contributed by atoms with E-state index < -0.39 is 0 Å². The summed E-state index contributed by atoms with van der Waals surface area (Å²) >= 11 is 3.40. The Labute approximate surface area is 232 Å². The molecule has 5 aromatic rings. The number of hydrogen-bond acceptors (Lipinski definition) is 5. The van der Waals surface area contributed by atoms with E-state index in [0.717, 1.165) is 14.9 Å². The highest BCUT2D eigenvalue weighted by molar-refractivity contribution is 14.1. The highest BCUT2D eigenvalue weighted by Gasteiger charge is 2.21. The molecule has 0 N–H and O–H groups in total. The molecule has 0 aliphatic rings. The summed E-state index contributed by atoms with van der Waals surface area (Å²) in [6, 6.07) is 31.9. The third-order valence-electron chi connectivity index (χ3n) is 5.73. The summed E-state index contributed by atoms with van der Waals surface area (Å²) in [5.74, 6) is 0.479. The molecule has 1 heterocycles. The zero-order valence-electron chi connectivity index (χ0n) is 19.9. The second kappa shape index (κ2) is 11.2. The van der Waals surface area contributed by atoms with Gasteiger partial charge in [-0.25, -0.2) is 4.98 Å². The van der Waals surface area contributed by atoms with Crippen LogP contribution in [0, 0.1) is 3.57 Å². The van der Waals surface area contributed by atoms with Crippen LogP contribution in [0.4, 0.5) is 11.4 Å². The topological polar surface area (TPSA) is 64.4 Å². The number of thioether (sulfide) groups is 1. The SMILES string of the molecule is COc1ccccc1-n1c(SCC(=O)N(c2ccccc2)c2ccccc2)nc2ccc(I)cc2c1=O. The van der Waals surface area contributed by atoms with Crippen molar-refractivity contribution in [3.05, 3.63) is 117 Å². The van der Waals surface area contributed by atoms with Crippen LogP contribution in [0.2, 0.25) is 0 Å². The van der Waals surface area contributed by atoms with Gasteiger partial charge >= 0.3 is 0 Å². The molecule has 0 unspecified atom stereocenters. The number of para-hydroxylation sites is 4. The van der Waals surface area contributed by atoms with Crippen molar-refractivity contribution in [1.82, 2.24) is 9.55 Å². The molecule has 0 saturated heterocycles. The van der Waals surface area contributed by atoms with Gasteiger partial charge in [0.1, 0.15) is 5.75 Å². The molecule has 0 fully saturated rings. The molecule has 0 aliphatic carbocycles. The molecule has 1 amide bonds. The monoisotopic (exact) mass is 619 g/mol. The lowest BCUT2D eigenvalue weighted by Crippen LogP contribution is -2.28. The second-order valence-corrected chi connectivity index (χ2v) is 10.2. The molecule has 0 bridgehead atoms. The summed E-state index contributed by atoms with van der Waals surface area (Å²) in [4.78, 5) is 33.9. The number of carbonyl (C=O) groups excluding carboxylic acids is 1. The van der Waals surface area contributed by atoms with Gasteiger partial charge in [0.25, 0.3) is 5.56 Å². The molecule has 0 spiro atoms. The Morgan fingerprint density at radius 3 is 2.19 bits per heavy atom. The van der Waals surface area contributed by atoms with E-state index in [0.29, 0.717) is 27.5 Å². The fraction of sp³-hybridized carbons (Fsp3) is 0.0690. The van der Waals surface area contributed by atoms with E-state index in [4.69, 9.17) is 9.72 Å². The first kappa shape index (κ1) is 25.0. The van der Waals surface area contributed by atoms with Gasteiger partial charge in [0.05, 0.1) is 29.5 Å². The summed E-state index contributed by atoms with van der Waals surface area (Å²) in [5, 5.41) is 0.918.